The molecule has 0 spiro atoms. The van der Waals surface area contributed by atoms with E-state index in [9.17, 15) is 14.4 Å². The molecule has 1 aromatic carbocycles. The first-order chi connectivity index (χ1) is 12.6. The van der Waals surface area contributed by atoms with Crippen LogP contribution in [0.25, 0.3) is 0 Å². The predicted octanol–water partition coefficient (Wildman–Crippen LogP) is 1.93. The highest BCUT2D eigenvalue weighted by molar-refractivity contribution is 5.84. The van der Waals surface area contributed by atoms with Crippen LogP contribution in [0, 0.1) is 5.92 Å². The molecule has 6 heteroatoms. The van der Waals surface area contributed by atoms with Gasteiger partial charge in [0.05, 0.1) is 12.5 Å². The molecule has 2 rings (SSSR count). The average molecular weight is 360 g/mol. The van der Waals surface area contributed by atoms with Gasteiger partial charge in [0.15, 0.2) is 0 Å². The first-order valence-electron chi connectivity index (χ1n) is 9.35. The molecule has 142 valence electrons. The highest BCUT2D eigenvalue weighted by Gasteiger charge is 2.28. The minimum absolute atomic E-state index is 0.0227. The Morgan fingerprint density at radius 2 is 1.81 bits per heavy atom. The van der Waals surface area contributed by atoms with Crippen molar-refractivity contribution in [3.63, 3.8) is 0 Å². The van der Waals surface area contributed by atoms with Crippen LogP contribution in [0.3, 0.4) is 0 Å². The normalized spacial score (nSPS) is 14.7. The number of benzene rings is 1. The molecule has 1 aliphatic heterocycles. The first-order valence-corrected chi connectivity index (χ1v) is 9.35. The van der Waals surface area contributed by atoms with Gasteiger partial charge >= 0.3 is 5.97 Å². The number of carbonyl (C=O) groups excluding carboxylic acids is 3. The van der Waals surface area contributed by atoms with E-state index in [0.29, 0.717) is 39.1 Å². The third kappa shape index (κ3) is 6.50. The van der Waals surface area contributed by atoms with Crippen LogP contribution in [0.4, 0.5) is 0 Å². The molecule has 0 bridgehead atoms. The summed E-state index contributed by atoms with van der Waals surface area (Å²) < 4.78 is 5.03. The predicted molar refractivity (Wildman–Crippen MR) is 98.3 cm³/mol. The highest BCUT2D eigenvalue weighted by atomic mass is 16.5. The largest absolute Gasteiger partial charge is 0.466 e. The second-order valence-corrected chi connectivity index (χ2v) is 6.49. The molecule has 2 amide bonds. The molecule has 1 aliphatic rings. The maximum absolute atomic E-state index is 12.2. The third-order valence-corrected chi connectivity index (χ3v) is 4.61. The quantitative estimate of drug-likeness (QED) is 0.719. The van der Waals surface area contributed by atoms with Gasteiger partial charge in [-0.15, -0.1) is 0 Å². The fourth-order valence-corrected chi connectivity index (χ4v) is 3.08. The molecule has 0 saturated carbocycles. The summed E-state index contributed by atoms with van der Waals surface area (Å²) in [5.41, 5.74) is 1.17. The van der Waals surface area contributed by atoms with E-state index in [1.165, 1.54) is 5.56 Å². The summed E-state index contributed by atoms with van der Waals surface area (Å²) in [6, 6.07) is 9.95. The summed E-state index contributed by atoms with van der Waals surface area (Å²) in [5, 5.41) is 2.85. The number of nitrogens with one attached hydrogen (secondary N) is 1. The Kier molecular flexibility index (Phi) is 8.12. The van der Waals surface area contributed by atoms with Crippen molar-refractivity contribution in [2.45, 2.75) is 39.0 Å². The van der Waals surface area contributed by atoms with Crippen LogP contribution in [0.5, 0.6) is 0 Å². The zero-order chi connectivity index (χ0) is 18.8. The standard InChI is InChI=1S/C20H28N2O4/c1-2-26-20(25)17-11-14-22(15-12-17)19(24)9-8-18(23)21-13-10-16-6-4-3-5-7-16/h3-7,17H,2,8-15H2,1H3,(H,21,23). The zero-order valence-corrected chi connectivity index (χ0v) is 15.4. The summed E-state index contributed by atoms with van der Waals surface area (Å²) in [5.74, 6) is -0.404. The number of amides is 2. The summed E-state index contributed by atoms with van der Waals surface area (Å²) in [7, 11) is 0. The van der Waals surface area contributed by atoms with Gasteiger partial charge in [0.25, 0.3) is 0 Å². The van der Waals surface area contributed by atoms with Gasteiger partial charge in [-0.05, 0) is 31.7 Å². The first kappa shape index (κ1) is 19.9. The number of ether oxygens (including phenoxy) is 1. The lowest BCUT2D eigenvalue weighted by Crippen LogP contribution is -2.41. The number of esters is 1. The van der Waals surface area contributed by atoms with Crippen molar-refractivity contribution in [2.24, 2.45) is 5.92 Å². The fraction of sp³-hybridized carbons (Fsp3) is 0.550. The van der Waals surface area contributed by atoms with Crippen molar-refractivity contribution >= 4 is 17.8 Å². The van der Waals surface area contributed by atoms with Crippen molar-refractivity contribution in [2.75, 3.05) is 26.2 Å². The molecular formula is C20H28N2O4. The molecule has 1 fully saturated rings. The van der Waals surface area contributed by atoms with Crippen LogP contribution in [0.2, 0.25) is 0 Å². The number of hydrogen-bond acceptors (Lipinski definition) is 4. The third-order valence-electron chi connectivity index (χ3n) is 4.61. The van der Waals surface area contributed by atoms with Gasteiger partial charge in [-0.25, -0.2) is 0 Å². The van der Waals surface area contributed by atoms with E-state index in [0.717, 1.165) is 6.42 Å². The number of likely N-dealkylation sites (tertiary alicyclic amines) is 1. The topological polar surface area (TPSA) is 75.7 Å². The van der Waals surface area contributed by atoms with Crippen molar-refractivity contribution in [1.82, 2.24) is 10.2 Å². The molecule has 26 heavy (non-hydrogen) atoms. The maximum Gasteiger partial charge on any atom is 0.309 e. The van der Waals surface area contributed by atoms with Crippen molar-refractivity contribution in [3.8, 4) is 0 Å². The molecule has 0 atom stereocenters. The van der Waals surface area contributed by atoms with Crippen LogP contribution in [-0.2, 0) is 25.5 Å². The Morgan fingerprint density at radius 3 is 2.46 bits per heavy atom. The van der Waals surface area contributed by atoms with Gasteiger partial charge < -0.3 is 15.0 Å². The van der Waals surface area contributed by atoms with E-state index >= 15 is 0 Å². The SMILES string of the molecule is CCOC(=O)C1CCN(C(=O)CCC(=O)NCCc2ccccc2)CC1. The number of hydrogen-bond donors (Lipinski definition) is 1. The van der Waals surface area contributed by atoms with Crippen LogP contribution >= 0.6 is 0 Å². The van der Waals surface area contributed by atoms with Crippen molar-refractivity contribution < 1.29 is 19.1 Å². The number of rotatable bonds is 8. The van der Waals surface area contributed by atoms with Gasteiger partial charge in [-0.1, -0.05) is 30.3 Å². The van der Waals surface area contributed by atoms with E-state index in [1.807, 2.05) is 30.3 Å². The minimum Gasteiger partial charge on any atom is -0.466 e. The molecule has 1 heterocycles. The van der Waals surface area contributed by atoms with Gasteiger partial charge in [-0.2, -0.15) is 0 Å². The van der Waals surface area contributed by atoms with Crippen LogP contribution in [0.15, 0.2) is 30.3 Å². The van der Waals surface area contributed by atoms with E-state index in [2.05, 4.69) is 5.32 Å². The highest BCUT2D eigenvalue weighted by Crippen LogP contribution is 2.19. The van der Waals surface area contributed by atoms with Crippen LogP contribution in [0.1, 0.15) is 38.2 Å². The lowest BCUT2D eigenvalue weighted by Gasteiger charge is -2.30. The molecule has 1 saturated heterocycles. The minimum atomic E-state index is -0.169. The Bertz CT molecular complexity index is 595. The molecule has 0 aliphatic carbocycles. The number of nitrogens with zero attached hydrogens (tertiary/aromatic N) is 1. The van der Waals surface area contributed by atoms with Crippen molar-refractivity contribution in [1.29, 1.82) is 0 Å². The van der Waals surface area contributed by atoms with Gasteiger partial charge in [0, 0.05) is 32.5 Å². The molecule has 0 aromatic heterocycles. The Labute approximate surface area is 154 Å². The maximum atomic E-state index is 12.2. The number of carbonyl (C=O) groups is 3. The smallest absolute Gasteiger partial charge is 0.309 e. The van der Waals surface area contributed by atoms with E-state index in [-0.39, 0.29) is 36.5 Å². The Balaban J connectivity index is 1.61. The van der Waals surface area contributed by atoms with Crippen molar-refractivity contribution in [3.05, 3.63) is 35.9 Å². The Morgan fingerprint density at radius 1 is 1.12 bits per heavy atom. The number of piperidine rings is 1. The Hall–Kier alpha value is -2.37. The van der Waals surface area contributed by atoms with Crippen LogP contribution in [-0.4, -0.2) is 48.9 Å². The summed E-state index contributed by atoms with van der Waals surface area (Å²) in [6.07, 6.45) is 2.45. The van der Waals surface area contributed by atoms with E-state index < -0.39 is 0 Å². The molecule has 1 aromatic rings. The summed E-state index contributed by atoms with van der Waals surface area (Å²) >= 11 is 0. The molecule has 0 radical (unpaired) electrons. The van der Waals surface area contributed by atoms with E-state index in [4.69, 9.17) is 4.74 Å². The fourth-order valence-electron chi connectivity index (χ4n) is 3.08. The van der Waals surface area contributed by atoms with Crippen LogP contribution < -0.4 is 5.32 Å². The monoisotopic (exact) mass is 360 g/mol. The molecule has 6 nitrogen and oxygen atoms in total. The lowest BCUT2D eigenvalue weighted by molar-refractivity contribution is -0.151. The van der Waals surface area contributed by atoms with Gasteiger partial charge in [-0.3, -0.25) is 14.4 Å². The molecular weight excluding hydrogens is 332 g/mol. The molecule has 0 unspecified atom stereocenters. The van der Waals surface area contributed by atoms with Gasteiger partial charge in [0.1, 0.15) is 0 Å². The zero-order valence-electron chi connectivity index (χ0n) is 15.4. The summed E-state index contributed by atoms with van der Waals surface area (Å²) in [6.45, 7) is 3.86. The lowest BCUT2D eigenvalue weighted by atomic mass is 9.96. The second kappa shape index (κ2) is 10.6. The van der Waals surface area contributed by atoms with Gasteiger partial charge in [0.2, 0.25) is 11.8 Å². The summed E-state index contributed by atoms with van der Waals surface area (Å²) in [4.78, 5) is 37.6. The average Bonchev–Trinajstić information content (AvgIpc) is 2.67. The second-order valence-electron chi connectivity index (χ2n) is 6.49. The molecule has 1 N–H and O–H groups in total. The van der Waals surface area contributed by atoms with E-state index in [1.54, 1.807) is 11.8 Å².